The zero-order valence-electron chi connectivity index (χ0n) is 5.70. The molecule has 0 fully saturated rings. The Kier molecular flexibility index (Phi) is 5.99. The molecule has 9 heavy (non-hydrogen) atoms. The van der Waals surface area contributed by atoms with E-state index in [0.29, 0.717) is 0 Å². The maximum absolute atomic E-state index is 3.53. The van der Waals surface area contributed by atoms with Crippen molar-refractivity contribution in [1.82, 2.24) is 0 Å². The molecular formula is C9H10. The normalized spacial score (nSPS) is 5.89. The monoisotopic (exact) mass is 118 g/mol. The highest BCUT2D eigenvalue weighted by Gasteiger charge is 1.60. The van der Waals surface area contributed by atoms with Gasteiger partial charge in [-0.25, -0.2) is 0 Å². The summed E-state index contributed by atoms with van der Waals surface area (Å²) in [6, 6.07) is 0. The Labute approximate surface area is 57.0 Å². The molecule has 0 aromatic carbocycles. The van der Waals surface area contributed by atoms with Gasteiger partial charge in [0.1, 0.15) is 0 Å². The van der Waals surface area contributed by atoms with Gasteiger partial charge in [-0.2, -0.15) is 0 Å². The molecule has 0 spiro atoms. The largest absolute Gasteiger partial charge is 0.102 e. The molecule has 0 nitrogen and oxygen atoms in total. The van der Waals surface area contributed by atoms with E-state index in [1.807, 2.05) is 6.92 Å². The summed E-state index contributed by atoms with van der Waals surface area (Å²) in [6.45, 7) is 5.53. The van der Waals surface area contributed by atoms with Crippen molar-refractivity contribution in [2.45, 2.75) is 19.8 Å². The van der Waals surface area contributed by atoms with E-state index in [0.717, 1.165) is 12.8 Å². The van der Waals surface area contributed by atoms with Crippen LogP contribution in [-0.2, 0) is 0 Å². The van der Waals surface area contributed by atoms with Gasteiger partial charge in [0.2, 0.25) is 0 Å². The van der Waals surface area contributed by atoms with Gasteiger partial charge in [0.15, 0.2) is 0 Å². The van der Waals surface area contributed by atoms with Gasteiger partial charge in [0, 0.05) is 12.8 Å². The SMILES string of the molecule is C=CCC#CC#CCC. The molecule has 0 heterocycles. The fourth-order valence-electron chi connectivity index (χ4n) is 0.300. The van der Waals surface area contributed by atoms with E-state index >= 15 is 0 Å². The predicted octanol–water partition coefficient (Wildman–Crippen LogP) is 1.98. The lowest BCUT2D eigenvalue weighted by atomic mass is 10.4. The van der Waals surface area contributed by atoms with Gasteiger partial charge >= 0.3 is 0 Å². The summed E-state index contributed by atoms with van der Waals surface area (Å²) in [5.41, 5.74) is 0. The minimum Gasteiger partial charge on any atom is -0.102 e. The van der Waals surface area contributed by atoms with Crippen LogP contribution in [0.1, 0.15) is 19.8 Å². The number of hydrogen-bond donors (Lipinski definition) is 0. The molecule has 0 amide bonds. The van der Waals surface area contributed by atoms with Crippen LogP contribution in [0, 0.1) is 23.7 Å². The van der Waals surface area contributed by atoms with Crippen LogP contribution in [0.25, 0.3) is 0 Å². The van der Waals surface area contributed by atoms with Gasteiger partial charge in [-0.15, -0.1) is 6.58 Å². The van der Waals surface area contributed by atoms with Gasteiger partial charge in [-0.05, 0) is 11.8 Å². The molecule has 0 heteroatoms. The Morgan fingerprint density at radius 1 is 1.33 bits per heavy atom. The minimum absolute atomic E-state index is 0.735. The van der Waals surface area contributed by atoms with Gasteiger partial charge in [-0.1, -0.05) is 24.8 Å². The van der Waals surface area contributed by atoms with Gasteiger partial charge < -0.3 is 0 Å². The fourth-order valence-corrected chi connectivity index (χ4v) is 0.300. The van der Waals surface area contributed by atoms with Crippen molar-refractivity contribution in [3.05, 3.63) is 12.7 Å². The van der Waals surface area contributed by atoms with E-state index in [4.69, 9.17) is 0 Å². The molecule has 0 saturated heterocycles. The zero-order valence-corrected chi connectivity index (χ0v) is 5.70. The van der Waals surface area contributed by atoms with Crippen molar-refractivity contribution in [3.63, 3.8) is 0 Å². The molecule has 0 bridgehead atoms. The summed E-state index contributed by atoms with van der Waals surface area (Å²) in [7, 11) is 0. The minimum atomic E-state index is 0.735. The Hall–Kier alpha value is -1.14. The maximum atomic E-state index is 3.53. The molecular weight excluding hydrogens is 108 g/mol. The molecule has 0 saturated carbocycles. The summed E-state index contributed by atoms with van der Waals surface area (Å²) >= 11 is 0. The first-order valence-electron chi connectivity index (χ1n) is 2.98. The summed E-state index contributed by atoms with van der Waals surface area (Å²) in [5, 5.41) is 0. The second kappa shape index (κ2) is 6.86. The molecule has 46 valence electrons. The van der Waals surface area contributed by atoms with E-state index in [1.54, 1.807) is 6.08 Å². The Morgan fingerprint density at radius 2 is 2.00 bits per heavy atom. The quantitative estimate of drug-likeness (QED) is 0.365. The number of rotatable bonds is 1. The average Bonchev–Trinajstić information content (AvgIpc) is 1.89. The molecule has 0 radical (unpaired) electrons. The highest BCUT2D eigenvalue weighted by Crippen LogP contribution is 1.72. The van der Waals surface area contributed by atoms with Gasteiger partial charge in [0.25, 0.3) is 0 Å². The maximum Gasteiger partial charge on any atom is 0.0277 e. The second-order valence-electron chi connectivity index (χ2n) is 1.45. The molecule has 0 aliphatic heterocycles. The zero-order chi connectivity index (χ0) is 6.95. The van der Waals surface area contributed by atoms with Crippen LogP contribution in [0.3, 0.4) is 0 Å². The number of hydrogen-bond acceptors (Lipinski definition) is 0. The van der Waals surface area contributed by atoms with Gasteiger partial charge in [0.05, 0.1) is 0 Å². The van der Waals surface area contributed by atoms with Crippen molar-refractivity contribution >= 4 is 0 Å². The highest BCUT2D eigenvalue weighted by atomic mass is 13.6. The Morgan fingerprint density at radius 3 is 2.56 bits per heavy atom. The third-order valence-corrected chi connectivity index (χ3v) is 0.662. The van der Waals surface area contributed by atoms with Crippen LogP contribution in [-0.4, -0.2) is 0 Å². The van der Waals surface area contributed by atoms with Crippen LogP contribution in [0.4, 0.5) is 0 Å². The Balaban J connectivity index is 3.48. The fraction of sp³-hybridized carbons (Fsp3) is 0.333. The van der Waals surface area contributed by atoms with Crippen LogP contribution in [0.5, 0.6) is 0 Å². The topological polar surface area (TPSA) is 0 Å². The predicted molar refractivity (Wildman–Crippen MR) is 40.7 cm³/mol. The first-order valence-corrected chi connectivity index (χ1v) is 2.98. The summed E-state index contributed by atoms with van der Waals surface area (Å²) in [6.07, 6.45) is 3.38. The second-order valence-corrected chi connectivity index (χ2v) is 1.45. The summed E-state index contributed by atoms with van der Waals surface area (Å²) in [5.74, 6) is 11.1. The molecule has 0 atom stereocenters. The first-order chi connectivity index (χ1) is 4.41. The molecule has 0 aliphatic rings. The first kappa shape index (κ1) is 7.86. The highest BCUT2D eigenvalue weighted by molar-refractivity contribution is 5.26. The van der Waals surface area contributed by atoms with Crippen LogP contribution in [0.2, 0.25) is 0 Å². The third kappa shape index (κ3) is 6.86. The van der Waals surface area contributed by atoms with E-state index in [1.165, 1.54) is 0 Å². The van der Waals surface area contributed by atoms with Crippen LogP contribution >= 0.6 is 0 Å². The third-order valence-electron chi connectivity index (χ3n) is 0.662. The van der Waals surface area contributed by atoms with E-state index in [2.05, 4.69) is 30.3 Å². The molecule has 0 aromatic heterocycles. The van der Waals surface area contributed by atoms with Gasteiger partial charge in [-0.3, -0.25) is 0 Å². The standard InChI is InChI=1S/C9H10/c1-3-5-7-9-8-6-4-2/h3H,1,4-5H2,2H3. The molecule has 0 N–H and O–H groups in total. The van der Waals surface area contributed by atoms with E-state index in [9.17, 15) is 0 Å². The summed E-state index contributed by atoms with van der Waals surface area (Å²) < 4.78 is 0. The number of allylic oxidation sites excluding steroid dienone is 1. The Bertz CT molecular complexity index is 178. The lowest BCUT2D eigenvalue weighted by Gasteiger charge is -1.66. The van der Waals surface area contributed by atoms with Crippen molar-refractivity contribution in [2.24, 2.45) is 0 Å². The smallest absolute Gasteiger partial charge is 0.0277 e. The lowest BCUT2D eigenvalue weighted by molar-refractivity contribution is 1.28. The van der Waals surface area contributed by atoms with Crippen molar-refractivity contribution in [2.75, 3.05) is 0 Å². The van der Waals surface area contributed by atoms with Crippen LogP contribution < -0.4 is 0 Å². The molecule has 0 aliphatic carbocycles. The molecule has 0 aromatic rings. The summed E-state index contributed by atoms with van der Waals surface area (Å²) in [4.78, 5) is 0. The molecule has 0 unspecified atom stereocenters. The van der Waals surface area contributed by atoms with E-state index < -0.39 is 0 Å². The lowest BCUT2D eigenvalue weighted by Crippen LogP contribution is -1.55. The van der Waals surface area contributed by atoms with E-state index in [-0.39, 0.29) is 0 Å². The van der Waals surface area contributed by atoms with Crippen molar-refractivity contribution in [1.29, 1.82) is 0 Å². The average molecular weight is 118 g/mol. The van der Waals surface area contributed by atoms with Crippen LogP contribution in [0.15, 0.2) is 12.7 Å². The molecule has 0 rings (SSSR count). The van der Waals surface area contributed by atoms with Crippen molar-refractivity contribution in [3.8, 4) is 23.7 Å². The van der Waals surface area contributed by atoms with Crippen molar-refractivity contribution < 1.29 is 0 Å².